The molecule has 35 heavy (non-hydrogen) atoms. The Kier molecular flexibility index (Phi) is 4.12. The summed E-state index contributed by atoms with van der Waals surface area (Å²) < 4.78 is 23.1. The van der Waals surface area contributed by atoms with E-state index in [2.05, 4.69) is 15.3 Å². The van der Waals surface area contributed by atoms with Gasteiger partial charge in [-0.15, -0.1) is 0 Å². The van der Waals surface area contributed by atoms with Crippen molar-refractivity contribution in [2.24, 2.45) is 0 Å². The number of esters is 1. The molecule has 174 valence electrons. The smallest absolute Gasteiger partial charge is 0.341 e. The van der Waals surface area contributed by atoms with Gasteiger partial charge in [-0.3, -0.25) is 14.3 Å². The lowest BCUT2D eigenvalue weighted by atomic mass is 9.85. The Morgan fingerprint density at radius 2 is 1.91 bits per heavy atom. The van der Waals surface area contributed by atoms with Crippen LogP contribution in [0.25, 0.3) is 16.7 Å². The molecule has 0 amide bonds. The summed E-state index contributed by atoms with van der Waals surface area (Å²) in [6.45, 7) is 1.24. The third-order valence-corrected chi connectivity index (χ3v) is 7.65. The number of para-hydroxylation sites is 2. The summed E-state index contributed by atoms with van der Waals surface area (Å²) in [6.07, 6.45) is 4.86. The first-order valence-corrected chi connectivity index (χ1v) is 11.7. The monoisotopic (exact) mass is 468 g/mol. The van der Waals surface area contributed by atoms with Crippen molar-refractivity contribution in [3.8, 4) is 5.69 Å². The van der Waals surface area contributed by atoms with Gasteiger partial charge in [0, 0.05) is 30.3 Å². The van der Waals surface area contributed by atoms with Gasteiger partial charge in [-0.05, 0) is 49.7 Å². The van der Waals surface area contributed by atoms with Gasteiger partial charge in [0.2, 0.25) is 0 Å². The fraction of sp³-hybridized carbons (Fsp3) is 0.259. The number of halogens is 1. The maximum absolute atomic E-state index is 15.5. The van der Waals surface area contributed by atoms with E-state index in [1.165, 1.54) is 6.07 Å². The normalized spacial score (nSPS) is 21.9. The highest BCUT2D eigenvalue weighted by atomic mass is 19.1. The van der Waals surface area contributed by atoms with Gasteiger partial charge >= 0.3 is 5.97 Å². The number of carbonyl (C=O) groups is 2. The zero-order chi connectivity index (χ0) is 23.8. The minimum Gasteiger partial charge on any atom is -0.449 e. The van der Waals surface area contributed by atoms with Crippen LogP contribution in [-0.4, -0.2) is 39.4 Å². The lowest BCUT2D eigenvalue weighted by molar-refractivity contribution is 0.00158. The Morgan fingerprint density at radius 3 is 2.69 bits per heavy atom. The molecule has 0 radical (unpaired) electrons. The highest BCUT2D eigenvalue weighted by Gasteiger charge is 2.56. The second-order valence-corrected chi connectivity index (χ2v) is 9.57. The van der Waals surface area contributed by atoms with Crippen molar-refractivity contribution in [1.82, 2.24) is 19.9 Å². The molecule has 1 spiro atoms. The van der Waals surface area contributed by atoms with Crippen molar-refractivity contribution >= 4 is 22.8 Å². The number of imidazole rings is 1. The molecule has 7 rings (SSSR count). The number of benzene rings is 2. The van der Waals surface area contributed by atoms with E-state index in [1.807, 2.05) is 28.8 Å². The van der Waals surface area contributed by atoms with E-state index >= 15 is 4.39 Å². The van der Waals surface area contributed by atoms with Crippen LogP contribution in [0.5, 0.6) is 0 Å². The molecule has 1 saturated heterocycles. The molecular weight excluding hydrogens is 447 g/mol. The zero-order valence-electron chi connectivity index (χ0n) is 18.8. The molecule has 4 heterocycles. The van der Waals surface area contributed by atoms with Crippen molar-refractivity contribution in [3.05, 3.63) is 89.3 Å². The molecule has 1 saturated carbocycles. The molecule has 3 aliphatic rings. The minimum absolute atomic E-state index is 0.0813. The van der Waals surface area contributed by atoms with E-state index in [0.29, 0.717) is 42.6 Å². The Balaban J connectivity index is 1.28. The fourth-order valence-corrected chi connectivity index (χ4v) is 5.67. The maximum atomic E-state index is 15.5. The molecule has 8 heteroatoms. The van der Waals surface area contributed by atoms with Crippen LogP contribution in [-0.2, 0) is 15.8 Å². The first-order chi connectivity index (χ1) is 17.0. The van der Waals surface area contributed by atoms with Crippen LogP contribution in [0.4, 0.5) is 4.39 Å². The third kappa shape index (κ3) is 2.80. The van der Waals surface area contributed by atoms with Crippen LogP contribution in [0.3, 0.4) is 0 Å². The van der Waals surface area contributed by atoms with E-state index in [0.717, 1.165) is 17.6 Å². The van der Waals surface area contributed by atoms with Crippen molar-refractivity contribution in [3.63, 3.8) is 0 Å². The topological polar surface area (TPSA) is 86.1 Å². The van der Waals surface area contributed by atoms with Gasteiger partial charge in [-0.2, -0.15) is 0 Å². The zero-order valence-corrected chi connectivity index (χ0v) is 18.8. The highest BCUT2D eigenvalue weighted by Crippen LogP contribution is 2.52. The van der Waals surface area contributed by atoms with Gasteiger partial charge < -0.3 is 10.1 Å². The molecule has 1 N–H and O–H groups in total. The lowest BCUT2D eigenvalue weighted by Gasteiger charge is -2.21. The summed E-state index contributed by atoms with van der Waals surface area (Å²) in [5.41, 5.74) is 1.89. The van der Waals surface area contributed by atoms with Gasteiger partial charge in [-0.25, -0.2) is 14.2 Å². The molecule has 7 nitrogen and oxygen atoms in total. The number of hydrogen-bond donors (Lipinski definition) is 1. The van der Waals surface area contributed by atoms with Crippen LogP contribution in [0, 0.1) is 5.82 Å². The van der Waals surface area contributed by atoms with E-state index < -0.39 is 22.8 Å². The van der Waals surface area contributed by atoms with Crippen LogP contribution >= 0.6 is 0 Å². The maximum Gasteiger partial charge on any atom is 0.341 e. The van der Waals surface area contributed by atoms with E-state index in [4.69, 9.17) is 4.74 Å². The number of fused-ring (bicyclic) bond motifs is 3. The molecular formula is C27H21FN4O3. The molecule has 2 aromatic heterocycles. The first kappa shape index (κ1) is 20.5. The molecule has 4 aromatic rings. The van der Waals surface area contributed by atoms with Crippen molar-refractivity contribution in [1.29, 1.82) is 0 Å². The summed E-state index contributed by atoms with van der Waals surface area (Å²) in [5.74, 6) is -1.31. The summed E-state index contributed by atoms with van der Waals surface area (Å²) in [4.78, 5) is 35.4. The van der Waals surface area contributed by atoms with E-state index in [9.17, 15) is 9.59 Å². The summed E-state index contributed by atoms with van der Waals surface area (Å²) >= 11 is 0. The average molecular weight is 468 g/mol. The Hall–Kier alpha value is -3.91. The summed E-state index contributed by atoms with van der Waals surface area (Å²) in [6, 6.07) is 14.3. The minimum atomic E-state index is -1.02. The van der Waals surface area contributed by atoms with Crippen LogP contribution in [0.15, 0.2) is 61.1 Å². The summed E-state index contributed by atoms with van der Waals surface area (Å²) in [5, 5.41) is 3.23. The van der Waals surface area contributed by atoms with Gasteiger partial charge in [0.25, 0.3) is 0 Å². The molecule has 0 bridgehead atoms. The number of rotatable bonds is 4. The number of ketones is 1. The highest BCUT2D eigenvalue weighted by molar-refractivity contribution is 6.12. The molecule has 2 aromatic carbocycles. The Labute approximate surface area is 200 Å². The predicted molar refractivity (Wildman–Crippen MR) is 125 cm³/mol. The number of Topliss-reactive ketones (excluding diaryl/α,β-unsaturated/α-hetero) is 1. The molecule has 2 aliphatic heterocycles. The quantitative estimate of drug-likeness (QED) is 0.362. The second kappa shape index (κ2) is 7.05. The molecule has 2 fully saturated rings. The fourth-order valence-electron chi connectivity index (χ4n) is 5.67. The Bertz CT molecular complexity index is 1550. The first-order valence-electron chi connectivity index (χ1n) is 11.7. The number of aromatic nitrogens is 3. The molecule has 1 atom stereocenters. The molecule has 0 unspecified atom stereocenters. The van der Waals surface area contributed by atoms with Crippen molar-refractivity contribution < 1.29 is 18.7 Å². The number of ether oxygens (including phenoxy) is 1. The largest absolute Gasteiger partial charge is 0.449 e. The number of nitrogens with zero attached hydrogens (tertiary/aromatic N) is 3. The second-order valence-electron chi connectivity index (χ2n) is 9.57. The lowest BCUT2D eigenvalue weighted by Crippen LogP contribution is -2.29. The number of hydrogen-bond acceptors (Lipinski definition) is 6. The van der Waals surface area contributed by atoms with Crippen LogP contribution < -0.4 is 5.32 Å². The van der Waals surface area contributed by atoms with Crippen molar-refractivity contribution in [2.45, 2.75) is 30.3 Å². The molecule has 1 aliphatic carbocycles. The Morgan fingerprint density at radius 1 is 1.06 bits per heavy atom. The third-order valence-electron chi connectivity index (χ3n) is 7.65. The number of carbonyl (C=O) groups excluding carboxylic acids is 2. The van der Waals surface area contributed by atoms with Gasteiger partial charge in [0.1, 0.15) is 17.8 Å². The van der Waals surface area contributed by atoms with Crippen LogP contribution in [0.2, 0.25) is 0 Å². The van der Waals surface area contributed by atoms with Gasteiger partial charge in [-0.1, -0.05) is 18.2 Å². The SMILES string of the molecule is O=C1O[C@]2(CCNC2)c2ccnc(C(=O)C3(c4ccc(-n5cnc6ccccc65)cc4F)CC3)c21. The van der Waals surface area contributed by atoms with E-state index in [1.54, 1.807) is 30.7 Å². The van der Waals surface area contributed by atoms with Gasteiger partial charge in [0.15, 0.2) is 11.4 Å². The standard InChI is InChI=1S/C27H21FN4O3/c28-19-13-16(32-15-31-20-3-1-2-4-21(20)32)5-6-17(19)26(8-9-26)24(33)23-22-18(7-11-30-23)27(35-25(22)34)10-12-29-14-27/h1-7,11,13,15,29H,8-10,12,14H2/t27-/m0/s1. The number of nitrogens with one attached hydrogen (secondary N) is 1. The van der Waals surface area contributed by atoms with Crippen LogP contribution in [0.1, 0.15) is 51.2 Å². The number of pyridine rings is 1. The van der Waals surface area contributed by atoms with Crippen molar-refractivity contribution in [2.75, 3.05) is 13.1 Å². The summed E-state index contributed by atoms with van der Waals surface area (Å²) in [7, 11) is 0. The van der Waals surface area contributed by atoms with Gasteiger partial charge in [0.05, 0.1) is 27.7 Å². The van der Waals surface area contributed by atoms with E-state index in [-0.39, 0.29) is 17.0 Å². The predicted octanol–water partition coefficient (Wildman–Crippen LogP) is 3.83. The average Bonchev–Trinajstić information content (AvgIpc) is 3.22.